The molecule has 0 spiro atoms. The van der Waals surface area contributed by atoms with Crippen LogP contribution in [0.5, 0.6) is 0 Å². The van der Waals surface area contributed by atoms with E-state index in [1.807, 2.05) is 0 Å². The Labute approximate surface area is 116 Å². The highest BCUT2D eigenvalue weighted by Crippen LogP contribution is 2.08. The Kier molecular flexibility index (Phi) is 11.3. The van der Waals surface area contributed by atoms with Gasteiger partial charge in [0, 0.05) is 0 Å². The number of hydrogen-bond donors (Lipinski definition) is 2. The molecule has 0 radical (unpaired) electrons. The van der Waals surface area contributed by atoms with Gasteiger partial charge in [0.05, 0.1) is 13.1 Å². The second-order valence-corrected chi connectivity index (χ2v) is 5.05. The predicted octanol–water partition coefficient (Wildman–Crippen LogP) is 2.00. The smallest absolute Gasteiger partial charge is 0.317 e. The van der Waals surface area contributed by atoms with E-state index in [9.17, 15) is 9.59 Å². The van der Waals surface area contributed by atoms with Crippen LogP contribution in [0.15, 0.2) is 0 Å². The molecule has 112 valence electrons. The van der Waals surface area contributed by atoms with E-state index in [1.165, 1.54) is 38.5 Å². The number of nitrogens with two attached hydrogens (primary N) is 1. The van der Waals surface area contributed by atoms with Crippen LogP contribution in [0.4, 0.5) is 0 Å². The molecule has 0 aliphatic heterocycles. The summed E-state index contributed by atoms with van der Waals surface area (Å²) in [7, 11) is 0. The Balaban J connectivity index is 3.57. The van der Waals surface area contributed by atoms with Gasteiger partial charge in [0.2, 0.25) is 5.91 Å². The fourth-order valence-electron chi connectivity index (χ4n) is 2.09. The normalized spacial score (nSPS) is 10.8. The van der Waals surface area contributed by atoms with E-state index in [4.69, 9.17) is 10.8 Å². The highest BCUT2D eigenvalue weighted by atomic mass is 16.4. The summed E-state index contributed by atoms with van der Waals surface area (Å²) in [5.74, 6) is -1.39. The third-order valence-electron chi connectivity index (χ3n) is 3.07. The highest BCUT2D eigenvalue weighted by molar-refractivity contribution is 5.77. The number of carbonyl (C=O) groups is 2. The minimum absolute atomic E-state index is 0.0306. The zero-order valence-corrected chi connectivity index (χ0v) is 12.1. The first-order valence-corrected chi connectivity index (χ1v) is 7.28. The maximum Gasteiger partial charge on any atom is 0.317 e. The maximum absolute atomic E-state index is 10.8. The molecule has 0 saturated carbocycles. The SMILES string of the molecule is CCCCCCCCCCN(CC(N)=O)CC(=O)O. The van der Waals surface area contributed by atoms with E-state index < -0.39 is 11.9 Å². The van der Waals surface area contributed by atoms with E-state index in [0.717, 1.165) is 12.8 Å². The van der Waals surface area contributed by atoms with Crippen molar-refractivity contribution in [2.24, 2.45) is 5.73 Å². The molecule has 0 aromatic rings. The van der Waals surface area contributed by atoms with Gasteiger partial charge in [0.25, 0.3) is 0 Å². The van der Waals surface area contributed by atoms with Gasteiger partial charge in [-0.1, -0.05) is 51.9 Å². The molecule has 0 aromatic heterocycles. The second-order valence-electron chi connectivity index (χ2n) is 5.05. The van der Waals surface area contributed by atoms with Crippen molar-refractivity contribution in [3.63, 3.8) is 0 Å². The first-order chi connectivity index (χ1) is 9.06. The predicted molar refractivity (Wildman–Crippen MR) is 75.9 cm³/mol. The van der Waals surface area contributed by atoms with Crippen molar-refractivity contribution < 1.29 is 14.7 Å². The lowest BCUT2D eigenvalue weighted by Crippen LogP contribution is -2.37. The third-order valence-corrected chi connectivity index (χ3v) is 3.07. The monoisotopic (exact) mass is 272 g/mol. The van der Waals surface area contributed by atoms with Crippen molar-refractivity contribution in [1.29, 1.82) is 0 Å². The molecule has 0 rings (SSSR count). The number of nitrogens with zero attached hydrogens (tertiary/aromatic N) is 1. The minimum atomic E-state index is -0.916. The van der Waals surface area contributed by atoms with Gasteiger partial charge in [-0.2, -0.15) is 0 Å². The number of carboxylic acids is 1. The van der Waals surface area contributed by atoms with E-state index in [2.05, 4.69) is 6.92 Å². The van der Waals surface area contributed by atoms with Crippen LogP contribution in [0, 0.1) is 0 Å². The number of carbonyl (C=O) groups excluding carboxylic acids is 1. The summed E-state index contributed by atoms with van der Waals surface area (Å²) in [5, 5.41) is 8.73. The molecule has 0 bridgehead atoms. The summed E-state index contributed by atoms with van der Waals surface area (Å²) in [6.45, 7) is 2.75. The highest BCUT2D eigenvalue weighted by Gasteiger charge is 2.11. The van der Waals surface area contributed by atoms with Crippen molar-refractivity contribution in [3.05, 3.63) is 0 Å². The van der Waals surface area contributed by atoms with Crippen molar-refractivity contribution in [2.75, 3.05) is 19.6 Å². The quantitative estimate of drug-likeness (QED) is 0.502. The van der Waals surface area contributed by atoms with Gasteiger partial charge in [0.1, 0.15) is 0 Å². The summed E-state index contributed by atoms with van der Waals surface area (Å²) < 4.78 is 0. The first kappa shape index (κ1) is 17.9. The lowest BCUT2D eigenvalue weighted by molar-refractivity contribution is -0.138. The van der Waals surface area contributed by atoms with Crippen LogP contribution < -0.4 is 5.73 Å². The average molecular weight is 272 g/mol. The van der Waals surface area contributed by atoms with E-state index >= 15 is 0 Å². The molecule has 0 heterocycles. The molecule has 0 aliphatic carbocycles. The molecular weight excluding hydrogens is 244 g/mol. The molecule has 0 aliphatic rings. The number of amides is 1. The fraction of sp³-hybridized carbons (Fsp3) is 0.857. The molecular formula is C14H28N2O3. The Hall–Kier alpha value is -1.10. The summed E-state index contributed by atoms with van der Waals surface area (Å²) in [4.78, 5) is 23.0. The molecule has 0 aromatic carbocycles. The molecule has 5 heteroatoms. The number of aliphatic carboxylic acids is 1. The molecule has 0 fully saturated rings. The van der Waals surface area contributed by atoms with Gasteiger partial charge >= 0.3 is 5.97 Å². The molecule has 5 nitrogen and oxygen atoms in total. The Bertz CT molecular complexity index is 241. The largest absolute Gasteiger partial charge is 0.480 e. The number of unbranched alkanes of at least 4 members (excludes halogenated alkanes) is 7. The van der Waals surface area contributed by atoms with E-state index in [0.29, 0.717) is 6.54 Å². The fourth-order valence-corrected chi connectivity index (χ4v) is 2.09. The number of primary amides is 1. The van der Waals surface area contributed by atoms with Gasteiger partial charge in [-0.25, -0.2) is 0 Å². The zero-order valence-electron chi connectivity index (χ0n) is 12.1. The van der Waals surface area contributed by atoms with Crippen LogP contribution in [0.1, 0.15) is 58.3 Å². The lowest BCUT2D eigenvalue weighted by Gasteiger charge is -2.18. The molecule has 0 atom stereocenters. The first-order valence-electron chi connectivity index (χ1n) is 7.28. The van der Waals surface area contributed by atoms with Crippen LogP contribution in [0.3, 0.4) is 0 Å². The number of rotatable bonds is 13. The molecule has 19 heavy (non-hydrogen) atoms. The Morgan fingerprint density at radius 1 is 0.947 bits per heavy atom. The summed E-state index contributed by atoms with van der Waals surface area (Å²) in [6, 6.07) is 0. The second kappa shape index (κ2) is 12.0. The average Bonchev–Trinajstić information content (AvgIpc) is 2.30. The van der Waals surface area contributed by atoms with Crippen LogP contribution >= 0.6 is 0 Å². The summed E-state index contributed by atoms with van der Waals surface area (Å²) in [5.41, 5.74) is 5.09. The van der Waals surface area contributed by atoms with Crippen LogP contribution in [0.2, 0.25) is 0 Å². The van der Waals surface area contributed by atoms with Gasteiger partial charge in [-0.3, -0.25) is 14.5 Å². The van der Waals surface area contributed by atoms with Crippen LogP contribution in [0.25, 0.3) is 0 Å². The Morgan fingerprint density at radius 3 is 1.95 bits per heavy atom. The van der Waals surface area contributed by atoms with Gasteiger partial charge in [0.15, 0.2) is 0 Å². The van der Waals surface area contributed by atoms with Gasteiger partial charge < -0.3 is 10.8 Å². The van der Waals surface area contributed by atoms with Crippen molar-refractivity contribution >= 4 is 11.9 Å². The van der Waals surface area contributed by atoms with E-state index in [1.54, 1.807) is 4.90 Å². The lowest BCUT2D eigenvalue weighted by atomic mass is 10.1. The number of carboxylic acid groups (broad SMARTS) is 1. The topological polar surface area (TPSA) is 83.6 Å². The van der Waals surface area contributed by atoms with Crippen LogP contribution in [-0.4, -0.2) is 41.5 Å². The summed E-state index contributed by atoms with van der Waals surface area (Å²) >= 11 is 0. The molecule has 3 N–H and O–H groups in total. The molecule has 0 unspecified atom stereocenters. The van der Waals surface area contributed by atoms with E-state index in [-0.39, 0.29) is 13.1 Å². The standard InChI is InChI=1S/C14H28N2O3/c1-2-3-4-5-6-7-8-9-10-16(11-13(15)17)12-14(18)19/h2-12H2,1H3,(H2,15,17)(H,18,19). The zero-order chi connectivity index (χ0) is 14.5. The van der Waals surface area contributed by atoms with Crippen molar-refractivity contribution in [2.45, 2.75) is 58.3 Å². The van der Waals surface area contributed by atoms with Crippen molar-refractivity contribution in [1.82, 2.24) is 4.90 Å². The van der Waals surface area contributed by atoms with Crippen molar-refractivity contribution in [3.8, 4) is 0 Å². The van der Waals surface area contributed by atoms with Gasteiger partial charge in [-0.15, -0.1) is 0 Å². The third kappa shape index (κ3) is 13.1. The molecule has 0 saturated heterocycles. The minimum Gasteiger partial charge on any atom is -0.480 e. The van der Waals surface area contributed by atoms with Crippen LogP contribution in [-0.2, 0) is 9.59 Å². The molecule has 1 amide bonds. The maximum atomic E-state index is 10.8. The Morgan fingerprint density at radius 2 is 1.47 bits per heavy atom. The summed E-state index contributed by atoms with van der Waals surface area (Å²) in [6.07, 6.45) is 9.60. The van der Waals surface area contributed by atoms with Gasteiger partial charge in [-0.05, 0) is 13.0 Å². The number of hydrogen-bond acceptors (Lipinski definition) is 3.